The van der Waals surface area contributed by atoms with Crippen LogP contribution in [-0.4, -0.2) is 39.5 Å². The lowest BCUT2D eigenvalue weighted by atomic mass is 9.75. The second-order valence-corrected chi connectivity index (χ2v) is 11.3. The number of amides is 1. The number of alkyl halides is 3. The number of nitrogens with one attached hydrogen (secondary N) is 2. The van der Waals surface area contributed by atoms with E-state index in [2.05, 4.69) is 33.8 Å². The van der Waals surface area contributed by atoms with Crippen LogP contribution in [0.1, 0.15) is 55.9 Å². The van der Waals surface area contributed by atoms with Gasteiger partial charge in [0.25, 0.3) is 5.91 Å². The molecule has 0 aliphatic heterocycles. The smallest absolute Gasteiger partial charge is 0.484 e. The number of ether oxygens (including phenoxy) is 2. The van der Waals surface area contributed by atoms with Gasteiger partial charge >= 0.3 is 12.3 Å². The highest BCUT2D eigenvalue weighted by Gasteiger charge is 2.32. The first-order valence-electron chi connectivity index (χ1n) is 13.8. The highest BCUT2D eigenvalue weighted by molar-refractivity contribution is 5.94. The van der Waals surface area contributed by atoms with Crippen molar-refractivity contribution in [3.05, 3.63) is 72.3 Å². The summed E-state index contributed by atoms with van der Waals surface area (Å²) in [6.07, 6.45) is -0.745. The third-order valence-corrected chi connectivity index (χ3v) is 7.31. The molecule has 1 aliphatic rings. The van der Waals surface area contributed by atoms with Crippen molar-refractivity contribution in [1.82, 2.24) is 9.55 Å². The fraction of sp³-hybridized carbons (Fsp3) is 0.323. The van der Waals surface area contributed by atoms with Crippen molar-refractivity contribution in [2.75, 3.05) is 17.2 Å². The van der Waals surface area contributed by atoms with E-state index in [1.807, 2.05) is 6.07 Å². The van der Waals surface area contributed by atoms with Crippen molar-refractivity contribution in [3.63, 3.8) is 0 Å². The highest BCUT2D eigenvalue weighted by Crippen LogP contribution is 2.44. The lowest BCUT2D eigenvalue weighted by Crippen LogP contribution is -2.25. The van der Waals surface area contributed by atoms with Crippen LogP contribution in [0.3, 0.4) is 0 Å². The number of rotatable bonds is 9. The third-order valence-electron chi connectivity index (χ3n) is 7.31. The molecule has 1 unspecified atom stereocenters. The fourth-order valence-corrected chi connectivity index (χ4v) is 5.45. The summed E-state index contributed by atoms with van der Waals surface area (Å²) in [5, 5.41) is 15.0. The molecule has 9 nitrogen and oxygen atoms in total. The minimum absolute atomic E-state index is 0.0520. The van der Waals surface area contributed by atoms with Gasteiger partial charge in [-0.15, -0.1) is 13.2 Å². The number of carboxylic acid groups (broad SMARTS) is 1. The second kappa shape index (κ2) is 11.9. The summed E-state index contributed by atoms with van der Waals surface area (Å²) in [6.45, 7) is 4.16. The Hall–Kier alpha value is -4.74. The van der Waals surface area contributed by atoms with Crippen molar-refractivity contribution in [2.24, 2.45) is 5.41 Å². The van der Waals surface area contributed by atoms with Crippen LogP contribution in [0.2, 0.25) is 0 Å². The first-order valence-corrected chi connectivity index (χ1v) is 13.8. The van der Waals surface area contributed by atoms with Crippen molar-refractivity contribution < 1.29 is 37.3 Å². The summed E-state index contributed by atoms with van der Waals surface area (Å²) in [5.41, 5.74) is 2.54. The van der Waals surface area contributed by atoms with Gasteiger partial charge in [-0.3, -0.25) is 4.79 Å². The molecule has 3 aromatic carbocycles. The van der Waals surface area contributed by atoms with Gasteiger partial charge in [0.05, 0.1) is 16.6 Å². The van der Waals surface area contributed by atoms with Crippen LogP contribution < -0.4 is 20.1 Å². The topological polar surface area (TPSA) is 115 Å². The number of carbonyl (C=O) groups is 2. The van der Waals surface area contributed by atoms with E-state index in [1.165, 1.54) is 42.5 Å². The molecule has 0 radical (unpaired) electrons. The van der Waals surface area contributed by atoms with Crippen LogP contribution in [0, 0.1) is 5.41 Å². The molecule has 0 saturated heterocycles. The minimum atomic E-state index is -4.78. The van der Waals surface area contributed by atoms with Crippen LogP contribution in [0.5, 0.6) is 11.5 Å². The van der Waals surface area contributed by atoms with E-state index in [1.54, 1.807) is 18.2 Å². The Bertz CT molecular complexity index is 1630. The van der Waals surface area contributed by atoms with Gasteiger partial charge in [0.15, 0.2) is 6.61 Å². The van der Waals surface area contributed by atoms with Crippen LogP contribution in [0.4, 0.5) is 30.5 Å². The zero-order chi connectivity index (χ0) is 30.8. The number of carbonyl (C=O) groups excluding carboxylic acids is 1. The summed E-state index contributed by atoms with van der Waals surface area (Å²) < 4.78 is 49.6. The average Bonchev–Trinajstić information content (AvgIpc) is 3.29. The van der Waals surface area contributed by atoms with E-state index in [9.17, 15) is 22.8 Å². The summed E-state index contributed by atoms with van der Waals surface area (Å²) in [7, 11) is 0. The van der Waals surface area contributed by atoms with E-state index in [4.69, 9.17) is 14.8 Å². The molecule has 1 fully saturated rings. The maximum Gasteiger partial charge on any atom is 0.573 e. The molecule has 226 valence electrons. The third kappa shape index (κ3) is 7.56. The number of anilines is 3. The van der Waals surface area contributed by atoms with E-state index >= 15 is 0 Å². The van der Waals surface area contributed by atoms with Gasteiger partial charge < -0.3 is 29.8 Å². The molecule has 1 atom stereocenters. The molecular formula is C31H31F3N4O5. The quantitative estimate of drug-likeness (QED) is 0.183. The maximum absolute atomic E-state index is 12.6. The summed E-state index contributed by atoms with van der Waals surface area (Å²) in [6, 6.07) is 16.9. The second-order valence-electron chi connectivity index (χ2n) is 11.3. The maximum atomic E-state index is 12.6. The predicted molar refractivity (Wildman–Crippen MR) is 155 cm³/mol. The predicted octanol–water partition coefficient (Wildman–Crippen LogP) is 7.54. The molecule has 4 aromatic rings. The van der Waals surface area contributed by atoms with Gasteiger partial charge in [-0.05, 0) is 79.3 Å². The number of fused-ring (bicyclic) bond motifs is 1. The Labute approximate surface area is 245 Å². The summed E-state index contributed by atoms with van der Waals surface area (Å²) >= 11 is 0. The van der Waals surface area contributed by atoms with E-state index < -0.39 is 18.2 Å². The molecule has 1 aliphatic carbocycles. The van der Waals surface area contributed by atoms with E-state index in [0.717, 1.165) is 31.2 Å². The zero-order valence-electron chi connectivity index (χ0n) is 23.6. The van der Waals surface area contributed by atoms with Gasteiger partial charge in [-0.2, -0.15) is 0 Å². The van der Waals surface area contributed by atoms with Crippen LogP contribution in [0.25, 0.3) is 11.0 Å². The highest BCUT2D eigenvalue weighted by atomic mass is 19.4. The largest absolute Gasteiger partial charge is 0.573 e. The summed E-state index contributed by atoms with van der Waals surface area (Å²) in [5.74, 6) is -0.928. The number of imidazole rings is 1. The standard InChI is InChI=1S/C31H31F3N4O5/c1-30(2)14-4-7-22(17-30)38-26-13-12-24(42-18-27(39)35-21-6-3-5-19(15-21)28(40)41)16-25(26)37-29(38)36-20-8-10-23(11-9-20)43-31(32,33)34/h3,5-6,8-13,15-16,22H,4,7,14,17-18H2,1-2H3,(H,35,39)(H,36,37)(H,40,41). The molecule has 1 amide bonds. The number of carboxylic acids is 1. The van der Waals surface area contributed by atoms with Gasteiger partial charge in [0.1, 0.15) is 11.5 Å². The van der Waals surface area contributed by atoms with E-state index in [0.29, 0.717) is 28.6 Å². The lowest BCUT2D eigenvalue weighted by molar-refractivity contribution is -0.274. The van der Waals surface area contributed by atoms with Crippen LogP contribution in [-0.2, 0) is 4.79 Å². The molecule has 1 saturated carbocycles. The molecule has 1 heterocycles. The average molecular weight is 597 g/mol. The van der Waals surface area contributed by atoms with Crippen LogP contribution in [0.15, 0.2) is 66.7 Å². The minimum Gasteiger partial charge on any atom is -0.484 e. The number of hydrogen-bond acceptors (Lipinski definition) is 6. The van der Waals surface area contributed by atoms with Gasteiger partial charge in [0, 0.05) is 23.5 Å². The molecule has 1 aromatic heterocycles. The monoisotopic (exact) mass is 596 g/mol. The molecular weight excluding hydrogens is 565 g/mol. The van der Waals surface area contributed by atoms with Gasteiger partial charge in [-0.25, -0.2) is 9.78 Å². The van der Waals surface area contributed by atoms with Crippen LogP contribution >= 0.6 is 0 Å². The number of halogens is 3. The first kappa shape index (κ1) is 29.7. The molecule has 0 spiro atoms. The molecule has 0 bridgehead atoms. The van der Waals surface area contributed by atoms with E-state index in [-0.39, 0.29) is 29.4 Å². The van der Waals surface area contributed by atoms with Crippen molar-refractivity contribution in [3.8, 4) is 11.5 Å². The lowest BCUT2D eigenvalue weighted by Gasteiger charge is -2.36. The number of benzene rings is 3. The first-order chi connectivity index (χ1) is 20.3. The number of aromatic carboxylic acids is 1. The number of aromatic nitrogens is 2. The van der Waals surface area contributed by atoms with Gasteiger partial charge in [0.2, 0.25) is 5.95 Å². The molecule has 12 heteroatoms. The van der Waals surface area contributed by atoms with Crippen molar-refractivity contribution in [2.45, 2.75) is 51.9 Å². The normalized spacial score (nSPS) is 16.4. The Morgan fingerprint density at radius 2 is 1.79 bits per heavy atom. The molecule has 3 N–H and O–H groups in total. The zero-order valence-corrected chi connectivity index (χ0v) is 23.6. The SMILES string of the molecule is CC1(C)CCCC(n2c(Nc3ccc(OC(F)(F)F)cc3)nc3cc(OCC(=O)Nc4cccc(C(=O)O)c4)ccc32)C1. The van der Waals surface area contributed by atoms with Gasteiger partial charge in [-0.1, -0.05) is 26.3 Å². The Morgan fingerprint density at radius 3 is 2.49 bits per heavy atom. The van der Waals surface area contributed by atoms with Crippen molar-refractivity contribution in [1.29, 1.82) is 0 Å². The summed E-state index contributed by atoms with van der Waals surface area (Å²) in [4.78, 5) is 28.5. The number of nitrogens with zero attached hydrogens (tertiary/aromatic N) is 2. The Morgan fingerprint density at radius 1 is 1.05 bits per heavy atom. The number of hydrogen-bond donors (Lipinski definition) is 3. The Balaban J connectivity index is 1.36. The Kier molecular flexibility index (Phi) is 8.21. The molecule has 5 rings (SSSR count). The molecule has 43 heavy (non-hydrogen) atoms. The fourth-order valence-electron chi connectivity index (χ4n) is 5.45. The van der Waals surface area contributed by atoms with Crippen molar-refractivity contribution >= 4 is 40.2 Å².